The Morgan fingerprint density at radius 3 is 2.61 bits per heavy atom. The zero-order valence-corrected chi connectivity index (χ0v) is 16.9. The van der Waals surface area contributed by atoms with Crippen molar-refractivity contribution in [1.29, 1.82) is 0 Å². The molecule has 0 radical (unpaired) electrons. The first-order chi connectivity index (χ1) is 13.4. The highest BCUT2D eigenvalue weighted by atomic mass is 35.5. The minimum atomic E-state index is -0.489. The number of unbranched alkanes of at least 4 members (excludes halogenated alkanes) is 2. The second-order valence-electron chi connectivity index (χ2n) is 6.21. The van der Waals surface area contributed by atoms with Gasteiger partial charge in [-0.2, -0.15) is 0 Å². The summed E-state index contributed by atoms with van der Waals surface area (Å²) in [5.74, 6) is 0.832. The molecule has 1 aromatic heterocycles. The van der Waals surface area contributed by atoms with Crippen molar-refractivity contribution in [2.75, 3.05) is 13.7 Å². The number of hydrogen-bond acceptors (Lipinski definition) is 5. The summed E-state index contributed by atoms with van der Waals surface area (Å²) in [5, 5.41) is 12.4. The van der Waals surface area contributed by atoms with Crippen molar-refractivity contribution < 1.29 is 14.4 Å². The Hall–Kier alpha value is -2.51. The molecule has 0 atom stereocenters. The predicted octanol–water partition coefficient (Wildman–Crippen LogP) is 6.02. The number of nitro groups is 1. The number of rotatable bonds is 8. The third-order valence-corrected chi connectivity index (χ3v) is 4.97. The summed E-state index contributed by atoms with van der Waals surface area (Å²) >= 11 is 12.1. The van der Waals surface area contributed by atoms with Crippen LogP contribution in [0.5, 0.6) is 11.5 Å². The molecule has 0 aliphatic heterocycles. The molecule has 28 heavy (non-hydrogen) atoms. The minimum Gasteiger partial charge on any atom is -0.493 e. The first-order valence-corrected chi connectivity index (χ1v) is 9.54. The SMILES string of the molecule is CCCCCOc1c(OC)cc(-c2nc3cc(Cl)c(Cl)cc3[nH]2)cc1[N+](=O)[O-]. The number of nitro benzene ring substituents is 1. The highest BCUT2D eigenvalue weighted by Crippen LogP contribution is 2.41. The predicted molar refractivity (Wildman–Crippen MR) is 110 cm³/mol. The monoisotopic (exact) mass is 423 g/mol. The lowest BCUT2D eigenvalue weighted by atomic mass is 10.1. The molecule has 0 aliphatic rings. The molecule has 9 heteroatoms. The Kier molecular flexibility index (Phi) is 6.26. The van der Waals surface area contributed by atoms with E-state index in [1.807, 2.05) is 0 Å². The number of H-pyrrole nitrogens is 1. The van der Waals surface area contributed by atoms with E-state index in [4.69, 9.17) is 32.7 Å². The van der Waals surface area contributed by atoms with Gasteiger partial charge >= 0.3 is 5.69 Å². The third-order valence-electron chi connectivity index (χ3n) is 4.24. The van der Waals surface area contributed by atoms with Gasteiger partial charge in [-0.05, 0) is 24.6 Å². The molecule has 0 amide bonds. The minimum absolute atomic E-state index is 0.120. The lowest BCUT2D eigenvalue weighted by Crippen LogP contribution is -2.03. The normalized spacial score (nSPS) is 11.0. The van der Waals surface area contributed by atoms with Gasteiger partial charge in [0.05, 0.1) is 39.7 Å². The van der Waals surface area contributed by atoms with Crippen molar-refractivity contribution in [3.63, 3.8) is 0 Å². The van der Waals surface area contributed by atoms with Crippen LogP contribution in [-0.2, 0) is 0 Å². The lowest BCUT2D eigenvalue weighted by Gasteiger charge is -2.12. The summed E-state index contributed by atoms with van der Waals surface area (Å²) in [6.07, 6.45) is 2.82. The molecule has 7 nitrogen and oxygen atoms in total. The fraction of sp³-hybridized carbons (Fsp3) is 0.316. The molecular formula is C19H19Cl2N3O4. The van der Waals surface area contributed by atoms with Crippen LogP contribution in [0.1, 0.15) is 26.2 Å². The molecule has 0 fully saturated rings. The van der Waals surface area contributed by atoms with Crippen molar-refractivity contribution in [3.8, 4) is 22.9 Å². The number of nitrogens with zero attached hydrogens (tertiary/aromatic N) is 2. The highest BCUT2D eigenvalue weighted by Gasteiger charge is 2.24. The Bertz CT molecular complexity index is 981. The van der Waals surface area contributed by atoms with Crippen molar-refractivity contribution in [2.45, 2.75) is 26.2 Å². The average Bonchev–Trinajstić information content (AvgIpc) is 3.07. The van der Waals surface area contributed by atoms with Crippen LogP contribution in [0.3, 0.4) is 0 Å². The van der Waals surface area contributed by atoms with E-state index in [0.717, 1.165) is 19.3 Å². The second-order valence-corrected chi connectivity index (χ2v) is 7.02. The Morgan fingerprint density at radius 2 is 1.93 bits per heavy atom. The van der Waals surface area contributed by atoms with Crippen LogP contribution in [0.15, 0.2) is 24.3 Å². The van der Waals surface area contributed by atoms with E-state index >= 15 is 0 Å². The number of aromatic nitrogens is 2. The summed E-state index contributed by atoms with van der Waals surface area (Å²) in [4.78, 5) is 18.7. The molecule has 0 unspecified atom stereocenters. The van der Waals surface area contributed by atoms with Crippen molar-refractivity contribution in [2.24, 2.45) is 0 Å². The van der Waals surface area contributed by atoms with E-state index in [1.54, 1.807) is 18.2 Å². The van der Waals surface area contributed by atoms with Gasteiger partial charge in [0, 0.05) is 11.6 Å². The van der Waals surface area contributed by atoms with Gasteiger partial charge in [-0.3, -0.25) is 10.1 Å². The number of aromatic amines is 1. The second kappa shape index (κ2) is 8.67. The van der Waals surface area contributed by atoms with E-state index in [9.17, 15) is 10.1 Å². The summed E-state index contributed by atoms with van der Waals surface area (Å²) in [6, 6.07) is 6.37. The quantitative estimate of drug-likeness (QED) is 0.271. The molecular weight excluding hydrogens is 405 g/mol. The first-order valence-electron chi connectivity index (χ1n) is 8.79. The third kappa shape index (κ3) is 4.15. The number of fused-ring (bicyclic) bond motifs is 1. The molecule has 0 aliphatic carbocycles. The van der Waals surface area contributed by atoms with Gasteiger partial charge in [-0.15, -0.1) is 0 Å². The summed E-state index contributed by atoms with van der Waals surface area (Å²) in [5.41, 5.74) is 1.59. The van der Waals surface area contributed by atoms with Crippen LogP contribution in [0.4, 0.5) is 5.69 Å². The molecule has 1 heterocycles. The van der Waals surface area contributed by atoms with Gasteiger partial charge in [-0.25, -0.2) is 4.98 Å². The Balaban J connectivity index is 2.04. The van der Waals surface area contributed by atoms with Crippen LogP contribution in [0.25, 0.3) is 22.4 Å². The fourth-order valence-electron chi connectivity index (χ4n) is 2.82. The van der Waals surface area contributed by atoms with Gasteiger partial charge in [-0.1, -0.05) is 43.0 Å². The maximum Gasteiger partial charge on any atom is 0.315 e. The maximum absolute atomic E-state index is 11.6. The zero-order valence-electron chi connectivity index (χ0n) is 15.4. The maximum atomic E-state index is 11.6. The number of halogens is 2. The van der Waals surface area contributed by atoms with Gasteiger partial charge in [0.15, 0.2) is 5.75 Å². The summed E-state index contributed by atoms with van der Waals surface area (Å²) in [7, 11) is 1.44. The van der Waals surface area contributed by atoms with Crippen molar-refractivity contribution in [1.82, 2.24) is 9.97 Å². The molecule has 2 aromatic carbocycles. The van der Waals surface area contributed by atoms with Crippen LogP contribution < -0.4 is 9.47 Å². The van der Waals surface area contributed by atoms with Crippen LogP contribution in [0, 0.1) is 10.1 Å². The zero-order chi connectivity index (χ0) is 20.3. The molecule has 1 N–H and O–H groups in total. The van der Waals surface area contributed by atoms with Crippen LogP contribution in [0.2, 0.25) is 10.0 Å². The summed E-state index contributed by atoms with van der Waals surface area (Å²) < 4.78 is 11.0. The molecule has 3 rings (SSSR count). The standard InChI is InChI=1S/C19H19Cl2N3O4/c1-3-4-5-6-28-18-16(24(25)26)7-11(8-17(18)27-2)19-22-14-9-12(20)13(21)10-15(14)23-19/h7-10H,3-6H2,1-2H3,(H,22,23). The number of ether oxygens (including phenoxy) is 2. The number of methoxy groups -OCH3 is 1. The number of benzene rings is 2. The Morgan fingerprint density at radius 1 is 1.18 bits per heavy atom. The molecule has 0 bridgehead atoms. The van der Waals surface area contributed by atoms with Gasteiger partial charge in [0.1, 0.15) is 5.82 Å². The largest absolute Gasteiger partial charge is 0.493 e. The topological polar surface area (TPSA) is 90.3 Å². The smallest absolute Gasteiger partial charge is 0.315 e. The van der Waals surface area contributed by atoms with Crippen LogP contribution in [-0.4, -0.2) is 28.6 Å². The molecule has 3 aromatic rings. The van der Waals surface area contributed by atoms with E-state index in [2.05, 4.69) is 16.9 Å². The number of hydrogen-bond donors (Lipinski definition) is 1. The van der Waals surface area contributed by atoms with E-state index in [-0.39, 0.29) is 17.2 Å². The first kappa shape index (κ1) is 20.2. The average molecular weight is 424 g/mol. The van der Waals surface area contributed by atoms with Gasteiger partial charge < -0.3 is 14.5 Å². The number of nitrogens with one attached hydrogen (secondary N) is 1. The molecule has 0 spiro atoms. The highest BCUT2D eigenvalue weighted by molar-refractivity contribution is 6.42. The van der Waals surface area contributed by atoms with E-state index in [0.29, 0.717) is 39.1 Å². The Labute approximate surface area is 171 Å². The number of imidazole rings is 1. The van der Waals surface area contributed by atoms with E-state index in [1.165, 1.54) is 13.2 Å². The van der Waals surface area contributed by atoms with E-state index < -0.39 is 4.92 Å². The lowest BCUT2D eigenvalue weighted by molar-refractivity contribution is -0.385. The summed E-state index contributed by atoms with van der Waals surface area (Å²) in [6.45, 7) is 2.46. The van der Waals surface area contributed by atoms with Gasteiger partial charge in [0.2, 0.25) is 5.75 Å². The molecule has 148 valence electrons. The van der Waals surface area contributed by atoms with Crippen LogP contribution >= 0.6 is 23.2 Å². The van der Waals surface area contributed by atoms with Crippen molar-refractivity contribution >= 4 is 39.9 Å². The fourth-order valence-corrected chi connectivity index (χ4v) is 3.15. The van der Waals surface area contributed by atoms with Gasteiger partial charge in [0.25, 0.3) is 0 Å². The molecule has 0 saturated carbocycles. The van der Waals surface area contributed by atoms with Crippen molar-refractivity contribution in [3.05, 3.63) is 44.4 Å². The molecule has 0 saturated heterocycles.